The van der Waals surface area contributed by atoms with E-state index in [1.807, 2.05) is 49.4 Å². The van der Waals surface area contributed by atoms with Gasteiger partial charge in [0.1, 0.15) is 12.4 Å². The Balaban J connectivity index is 1.81. The van der Waals surface area contributed by atoms with Gasteiger partial charge < -0.3 is 9.47 Å². The third-order valence-electron chi connectivity index (χ3n) is 4.05. The Morgan fingerprint density at radius 1 is 1.07 bits per heavy atom. The van der Waals surface area contributed by atoms with E-state index in [9.17, 15) is 0 Å². The van der Waals surface area contributed by atoms with E-state index < -0.39 is 0 Å². The first kappa shape index (κ1) is 19.2. The molecule has 0 radical (unpaired) electrons. The highest BCUT2D eigenvalue weighted by atomic mass is 16.5. The number of nitrogens with one attached hydrogen (secondary N) is 2. The SMILES string of the molecule is CNNN=Nc1cccc(C)c1COc1ccnc(-c2ccccc2OC)n1. The summed E-state index contributed by atoms with van der Waals surface area (Å²) in [5, 5.41) is 8.04. The van der Waals surface area contributed by atoms with E-state index in [-0.39, 0.29) is 0 Å². The van der Waals surface area contributed by atoms with Gasteiger partial charge in [-0.3, -0.25) is 0 Å². The molecule has 0 amide bonds. The molecule has 2 aromatic carbocycles. The lowest BCUT2D eigenvalue weighted by molar-refractivity contribution is 0.293. The predicted octanol–water partition coefficient (Wildman–Crippen LogP) is 3.76. The number of hydrogen-bond acceptors (Lipinski definition) is 7. The highest BCUT2D eigenvalue weighted by molar-refractivity contribution is 5.64. The Hall–Kier alpha value is -3.52. The van der Waals surface area contributed by atoms with Crippen molar-refractivity contribution in [3.8, 4) is 23.0 Å². The summed E-state index contributed by atoms with van der Waals surface area (Å²) in [6.45, 7) is 2.31. The first-order chi connectivity index (χ1) is 13.7. The second-order valence-corrected chi connectivity index (χ2v) is 5.84. The number of methoxy groups -OCH3 is 1. The lowest BCUT2D eigenvalue weighted by Crippen LogP contribution is -2.20. The molecule has 28 heavy (non-hydrogen) atoms. The van der Waals surface area contributed by atoms with Crippen LogP contribution in [0.1, 0.15) is 11.1 Å². The van der Waals surface area contributed by atoms with Gasteiger partial charge in [-0.25, -0.2) is 15.9 Å². The topological polar surface area (TPSA) is 93.0 Å². The molecule has 0 unspecified atom stereocenters. The van der Waals surface area contributed by atoms with Crippen LogP contribution in [-0.2, 0) is 6.61 Å². The third kappa shape index (κ3) is 4.60. The van der Waals surface area contributed by atoms with Crippen LogP contribution >= 0.6 is 0 Å². The van der Waals surface area contributed by atoms with Crippen LogP contribution in [0.25, 0.3) is 11.4 Å². The van der Waals surface area contributed by atoms with Crippen LogP contribution in [0.15, 0.2) is 65.1 Å². The van der Waals surface area contributed by atoms with Crippen molar-refractivity contribution in [3.05, 3.63) is 65.9 Å². The molecule has 0 aliphatic heterocycles. The van der Waals surface area contributed by atoms with Crippen molar-refractivity contribution in [2.45, 2.75) is 13.5 Å². The zero-order chi connectivity index (χ0) is 19.8. The Kier molecular flexibility index (Phi) is 6.48. The van der Waals surface area contributed by atoms with Crippen LogP contribution in [0.4, 0.5) is 5.69 Å². The summed E-state index contributed by atoms with van der Waals surface area (Å²) >= 11 is 0. The Morgan fingerprint density at radius 3 is 2.75 bits per heavy atom. The Bertz CT molecular complexity index is 961. The highest BCUT2D eigenvalue weighted by Gasteiger charge is 2.11. The van der Waals surface area contributed by atoms with Gasteiger partial charge in [0, 0.05) is 24.9 Å². The summed E-state index contributed by atoms with van der Waals surface area (Å²) in [5.74, 6) is 1.71. The predicted molar refractivity (Wildman–Crippen MR) is 106 cm³/mol. The molecule has 3 aromatic rings. The van der Waals surface area contributed by atoms with Crippen LogP contribution in [-0.4, -0.2) is 24.1 Å². The summed E-state index contributed by atoms with van der Waals surface area (Å²) in [6, 6.07) is 15.1. The molecule has 0 bridgehead atoms. The number of hydrogen-bond donors (Lipinski definition) is 2. The van der Waals surface area contributed by atoms with Gasteiger partial charge in [0.15, 0.2) is 5.82 Å². The van der Waals surface area contributed by atoms with Crippen LogP contribution < -0.4 is 20.4 Å². The number of hydrazine groups is 1. The molecule has 1 heterocycles. The van der Waals surface area contributed by atoms with Gasteiger partial charge in [-0.1, -0.05) is 29.5 Å². The van der Waals surface area contributed by atoms with Gasteiger partial charge in [-0.2, -0.15) is 4.98 Å². The molecule has 0 fully saturated rings. The number of aromatic nitrogens is 2. The standard InChI is InChI=1S/C20H22N6O2/c1-14-7-6-9-17(24-26-25-21-2)16(14)13-28-19-11-12-22-20(23-19)15-8-4-5-10-18(15)27-3/h4-12H,13H2,1-3H3,(H,21,26)(H,24,25). The molecule has 3 rings (SSSR count). The smallest absolute Gasteiger partial charge is 0.217 e. The number of rotatable bonds is 8. The number of aryl methyl sites for hydroxylation is 1. The largest absolute Gasteiger partial charge is 0.496 e. The molecule has 0 aliphatic carbocycles. The van der Waals surface area contributed by atoms with E-state index >= 15 is 0 Å². The average Bonchev–Trinajstić information content (AvgIpc) is 2.73. The van der Waals surface area contributed by atoms with Gasteiger partial charge in [-0.15, -0.1) is 5.11 Å². The number of ether oxygens (including phenoxy) is 2. The minimum Gasteiger partial charge on any atom is -0.496 e. The fourth-order valence-electron chi connectivity index (χ4n) is 2.62. The first-order valence-corrected chi connectivity index (χ1v) is 8.73. The van der Waals surface area contributed by atoms with E-state index in [0.717, 1.165) is 22.4 Å². The number of para-hydroxylation sites is 1. The molecule has 2 N–H and O–H groups in total. The fourth-order valence-corrected chi connectivity index (χ4v) is 2.62. The summed E-state index contributed by atoms with van der Waals surface area (Å²) in [6.07, 6.45) is 1.67. The van der Waals surface area contributed by atoms with Crippen LogP contribution in [0.5, 0.6) is 11.6 Å². The molecule has 0 aliphatic rings. The lowest BCUT2D eigenvalue weighted by atomic mass is 10.1. The molecular weight excluding hydrogens is 356 g/mol. The molecule has 0 atom stereocenters. The molecule has 0 saturated carbocycles. The van der Waals surface area contributed by atoms with Crippen molar-refractivity contribution in [1.29, 1.82) is 0 Å². The second kappa shape index (κ2) is 9.43. The van der Waals surface area contributed by atoms with E-state index in [1.165, 1.54) is 0 Å². The maximum Gasteiger partial charge on any atom is 0.217 e. The van der Waals surface area contributed by atoms with Crippen molar-refractivity contribution in [3.63, 3.8) is 0 Å². The highest BCUT2D eigenvalue weighted by Crippen LogP contribution is 2.28. The molecule has 1 aromatic heterocycles. The average molecular weight is 378 g/mol. The third-order valence-corrected chi connectivity index (χ3v) is 4.05. The van der Waals surface area contributed by atoms with Gasteiger partial charge in [0.2, 0.25) is 5.88 Å². The molecule has 8 heteroatoms. The Morgan fingerprint density at radius 2 is 1.93 bits per heavy atom. The normalized spacial score (nSPS) is 10.8. The summed E-state index contributed by atoms with van der Waals surface area (Å²) < 4.78 is 11.3. The van der Waals surface area contributed by atoms with Gasteiger partial charge in [0.05, 0.1) is 18.4 Å². The van der Waals surface area contributed by atoms with Crippen LogP contribution in [0, 0.1) is 6.92 Å². The Labute approximate surface area is 163 Å². The molecule has 144 valence electrons. The van der Waals surface area contributed by atoms with Crippen molar-refractivity contribution < 1.29 is 9.47 Å². The van der Waals surface area contributed by atoms with E-state index in [2.05, 4.69) is 31.3 Å². The minimum absolute atomic E-state index is 0.308. The molecule has 0 spiro atoms. The first-order valence-electron chi connectivity index (χ1n) is 8.73. The quantitative estimate of drug-likeness (QED) is 0.458. The molecule has 0 saturated heterocycles. The zero-order valence-corrected chi connectivity index (χ0v) is 16.0. The van der Waals surface area contributed by atoms with Crippen LogP contribution in [0.2, 0.25) is 0 Å². The maximum absolute atomic E-state index is 5.93. The summed E-state index contributed by atoms with van der Waals surface area (Å²) in [4.78, 5) is 8.85. The van der Waals surface area contributed by atoms with E-state index in [0.29, 0.717) is 24.1 Å². The number of nitrogens with zero attached hydrogens (tertiary/aromatic N) is 4. The van der Waals surface area contributed by atoms with Crippen molar-refractivity contribution in [2.75, 3.05) is 14.2 Å². The van der Waals surface area contributed by atoms with Gasteiger partial charge in [0.25, 0.3) is 0 Å². The van der Waals surface area contributed by atoms with Crippen molar-refractivity contribution in [2.24, 2.45) is 10.3 Å². The molecule has 8 nitrogen and oxygen atoms in total. The van der Waals surface area contributed by atoms with Crippen molar-refractivity contribution >= 4 is 5.69 Å². The zero-order valence-electron chi connectivity index (χ0n) is 16.0. The van der Waals surface area contributed by atoms with Crippen molar-refractivity contribution in [1.82, 2.24) is 20.9 Å². The maximum atomic E-state index is 5.93. The van der Waals surface area contributed by atoms with Gasteiger partial charge in [-0.05, 0) is 30.7 Å². The molecular formula is C20H22N6O2. The van der Waals surface area contributed by atoms with Gasteiger partial charge >= 0.3 is 0 Å². The minimum atomic E-state index is 0.308. The summed E-state index contributed by atoms with van der Waals surface area (Å²) in [5.41, 5.74) is 8.80. The fraction of sp³-hybridized carbons (Fsp3) is 0.200. The lowest BCUT2D eigenvalue weighted by Gasteiger charge is -2.11. The monoisotopic (exact) mass is 378 g/mol. The van der Waals surface area contributed by atoms with Crippen LogP contribution in [0.3, 0.4) is 0 Å². The second-order valence-electron chi connectivity index (χ2n) is 5.84. The van der Waals surface area contributed by atoms with E-state index in [1.54, 1.807) is 26.4 Å². The number of benzene rings is 2. The van der Waals surface area contributed by atoms with E-state index in [4.69, 9.17) is 9.47 Å². The summed E-state index contributed by atoms with van der Waals surface area (Å²) in [7, 11) is 3.34.